The molecule has 0 bridgehead atoms. The number of hydrogen-bond acceptors (Lipinski definition) is 4. The van der Waals surface area contributed by atoms with Crippen LogP contribution in [0.25, 0.3) is 0 Å². The fraction of sp³-hybridized carbons (Fsp3) is 0.517. The van der Waals surface area contributed by atoms with Crippen molar-refractivity contribution in [3.05, 3.63) is 65.5 Å². The average Bonchev–Trinajstić information content (AvgIpc) is 2.90. The van der Waals surface area contributed by atoms with E-state index >= 15 is 0 Å². The predicted molar refractivity (Wildman–Crippen MR) is 149 cm³/mol. The Balaban J connectivity index is 1.71. The number of nitrogens with zero attached hydrogens (tertiary/aromatic N) is 2. The van der Waals surface area contributed by atoms with Crippen LogP contribution in [0, 0.1) is 5.82 Å². The summed E-state index contributed by atoms with van der Waals surface area (Å²) in [4.78, 5) is 27.9. The third-order valence-electron chi connectivity index (χ3n) is 7.20. The second-order valence-electron chi connectivity index (χ2n) is 10.1. The Bertz CT molecular complexity index is 1180. The van der Waals surface area contributed by atoms with Crippen LogP contribution in [0.15, 0.2) is 48.5 Å². The van der Waals surface area contributed by atoms with Crippen molar-refractivity contribution in [1.29, 1.82) is 0 Å². The first-order valence-corrected chi connectivity index (χ1v) is 15.3. The van der Waals surface area contributed by atoms with Gasteiger partial charge in [-0.25, -0.2) is 12.8 Å². The Morgan fingerprint density at radius 3 is 2.32 bits per heavy atom. The highest BCUT2D eigenvalue weighted by molar-refractivity contribution is 7.92. The average molecular weight is 546 g/mol. The number of hydrogen-bond donors (Lipinski definition) is 1. The number of sulfonamides is 1. The number of amides is 2. The Kier molecular flexibility index (Phi) is 10.7. The van der Waals surface area contributed by atoms with Crippen LogP contribution in [0.3, 0.4) is 0 Å². The number of anilines is 1. The Labute approximate surface area is 226 Å². The van der Waals surface area contributed by atoms with E-state index in [2.05, 4.69) is 5.32 Å². The zero-order chi connectivity index (χ0) is 27.7. The van der Waals surface area contributed by atoms with Gasteiger partial charge in [-0.2, -0.15) is 0 Å². The van der Waals surface area contributed by atoms with Crippen LogP contribution >= 0.6 is 0 Å². The molecule has 1 aliphatic rings. The van der Waals surface area contributed by atoms with E-state index in [1.165, 1.54) is 15.3 Å². The van der Waals surface area contributed by atoms with Crippen molar-refractivity contribution in [3.8, 4) is 0 Å². The summed E-state index contributed by atoms with van der Waals surface area (Å²) in [5.41, 5.74) is 1.97. The molecular weight excluding hydrogens is 505 g/mol. The Morgan fingerprint density at radius 2 is 1.71 bits per heavy atom. The molecule has 1 atom stereocenters. The molecule has 0 aromatic heterocycles. The first-order valence-electron chi connectivity index (χ1n) is 13.5. The Morgan fingerprint density at radius 1 is 1.05 bits per heavy atom. The second kappa shape index (κ2) is 13.7. The van der Waals surface area contributed by atoms with E-state index < -0.39 is 21.9 Å². The standard InChI is InChI=1S/C29H40FN3O4S/c1-4-23-16-18-26(19-17-23)33(38(3,36)37)20-10-15-28(34)32(21-24-11-8-9-14-27(24)30)22(2)29(35)31-25-12-6-5-7-13-25/h8-9,11,14,16-19,22,25H,4-7,10,12-13,15,20-21H2,1-3H3,(H,31,35)/t22-/m1/s1. The van der Waals surface area contributed by atoms with Crippen LogP contribution in [0.2, 0.25) is 0 Å². The number of aryl methyl sites for hydroxylation is 1. The molecule has 1 aliphatic carbocycles. The highest BCUT2D eigenvalue weighted by Crippen LogP contribution is 2.21. The third-order valence-corrected chi connectivity index (χ3v) is 8.40. The number of halogens is 1. The van der Waals surface area contributed by atoms with Crippen molar-refractivity contribution in [3.63, 3.8) is 0 Å². The van der Waals surface area contributed by atoms with Crippen LogP contribution < -0.4 is 9.62 Å². The number of benzene rings is 2. The smallest absolute Gasteiger partial charge is 0.242 e. The molecule has 0 unspecified atom stereocenters. The molecule has 0 spiro atoms. The van der Waals surface area contributed by atoms with E-state index in [0.29, 0.717) is 11.3 Å². The molecule has 3 rings (SSSR count). The van der Waals surface area contributed by atoms with Gasteiger partial charge in [-0.05, 0) is 56.4 Å². The van der Waals surface area contributed by atoms with Gasteiger partial charge in [-0.15, -0.1) is 0 Å². The molecule has 7 nitrogen and oxygen atoms in total. The van der Waals surface area contributed by atoms with E-state index in [1.54, 1.807) is 37.3 Å². The van der Waals surface area contributed by atoms with E-state index in [9.17, 15) is 22.4 Å². The van der Waals surface area contributed by atoms with Crippen molar-refractivity contribution >= 4 is 27.5 Å². The van der Waals surface area contributed by atoms with Crippen molar-refractivity contribution < 1.29 is 22.4 Å². The predicted octanol–water partition coefficient (Wildman–Crippen LogP) is 4.80. The van der Waals surface area contributed by atoms with Gasteiger partial charge in [0.2, 0.25) is 21.8 Å². The van der Waals surface area contributed by atoms with E-state index in [1.807, 2.05) is 19.1 Å². The summed E-state index contributed by atoms with van der Waals surface area (Å²) in [6.45, 7) is 3.76. The first-order chi connectivity index (χ1) is 18.1. The number of carbonyl (C=O) groups excluding carboxylic acids is 2. The van der Waals surface area contributed by atoms with Gasteiger partial charge in [0.15, 0.2) is 0 Å². The highest BCUT2D eigenvalue weighted by atomic mass is 32.2. The molecular formula is C29H40FN3O4S. The second-order valence-corrected chi connectivity index (χ2v) is 12.0. The summed E-state index contributed by atoms with van der Waals surface area (Å²) in [6, 6.07) is 12.8. The van der Waals surface area contributed by atoms with Crippen molar-refractivity contribution in [1.82, 2.24) is 10.2 Å². The zero-order valence-electron chi connectivity index (χ0n) is 22.7. The minimum absolute atomic E-state index is 0.0224. The maximum atomic E-state index is 14.5. The molecule has 0 aliphatic heterocycles. The fourth-order valence-electron chi connectivity index (χ4n) is 4.86. The summed E-state index contributed by atoms with van der Waals surface area (Å²) in [7, 11) is -3.56. The van der Waals surface area contributed by atoms with E-state index in [4.69, 9.17) is 0 Å². The van der Waals surface area contributed by atoms with Crippen LogP contribution in [0.4, 0.5) is 10.1 Å². The van der Waals surface area contributed by atoms with E-state index in [0.717, 1.165) is 50.3 Å². The summed E-state index contributed by atoms with van der Waals surface area (Å²) in [5, 5.41) is 3.07. The lowest BCUT2D eigenvalue weighted by atomic mass is 9.95. The molecule has 2 aromatic carbocycles. The number of nitrogens with one attached hydrogen (secondary N) is 1. The zero-order valence-corrected chi connectivity index (χ0v) is 23.5. The number of rotatable bonds is 12. The maximum absolute atomic E-state index is 14.5. The topological polar surface area (TPSA) is 86.8 Å². The van der Waals surface area contributed by atoms with Gasteiger partial charge >= 0.3 is 0 Å². The minimum atomic E-state index is -3.56. The molecule has 2 amide bonds. The van der Waals surface area contributed by atoms with Crippen LogP contribution in [0.5, 0.6) is 0 Å². The third kappa shape index (κ3) is 8.28. The van der Waals surface area contributed by atoms with Crippen LogP contribution in [-0.4, -0.2) is 50.0 Å². The van der Waals surface area contributed by atoms with Gasteiger partial charge in [0.05, 0.1) is 11.9 Å². The molecule has 2 aromatic rings. The minimum Gasteiger partial charge on any atom is -0.352 e. The molecule has 208 valence electrons. The first kappa shape index (κ1) is 29.6. The molecule has 1 N–H and O–H groups in total. The van der Waals surface area contributed by atoms with Gasteiger partial charge in [0, 0.05) is 31.1 Å². The molecule has 0 saturated heterocycles. The highest BCUT2D eigenvalue weighted by Gasteiger charge is 2.29. The molecule has 38 heavy (non-hydrogen) atoms. The fourth-order valence-corrected chi connectivity index (χ4v) is 5.83. The SMILES string of the molecule is CCc1ccc(N(CCCC(=O)N(Cc2ccccc2F)[C@H](C)C(=O)NC2CCCCC2)S(C)(=O)=O)cc1. The van der Waals surface area contributed by atoms with Gasteiger partial charge in [0.1, 0.15) is 11.9 Å². The normalized spacial score (nSPS) is 15.1. The van der Waals surface area contributed by atoms with Gasteiger partial charge in [-0.1, -0.05) is 56.5 Å². The summed E-state index contributed by atoms with van der Waals surface area (Å²) in [6.07, 6.45) is 7.39. The van der Waals surface area contributed by atoms with Crippen LogP contribution in [-0.2, 0) is 32.6 Å². The quantitative estimate of drug-likeness (QED) is 0.415. The van der Waals surface area contributed by atoms with Crippen LogP contribution in [0.1, 0.15) is 69.9 Å². The van der Waals surface area contributed by atoms with Gasteiger partial charge in [0.25, 0.3) is 0 Å². The molecule has 0 heterocycles. The number of carbonyl (C=O) groups is 2. The summed E-state index contributed by atoms with van der Waals surface area (Å²) < 4.78 is 40.8. The van der Waals surface area contributed by atoms with Crippen molar-refractivity contribution in [2.75, 3.05) is 17.1 Å². The molecule has 1 saturated carbocycles. The van der Waals surface area contributed by atoms with E-state index in [-0.39, 0.29) is 43.8 Å². The molecule has 0 radical (unpaired) electrons. The largest absolute Gasteiger partial charge is 0.352 e. The van der Waals surface area contributed by atoms with Gasteiger partial charge < -0.3 is 10.2 Å². The molecule has 1 fully saturated rings. The van der Waals surface area contributed by atoms with Gasteiger partial charge in [-0.3, -0.25) is 13.9 Å². The maximum Gasteiger partial charge on any atom is 0.242 e. The monoisotopic (exact) mass is 545 g/mol. The summed E-state index contributed by atoms with van der Waals surface area (Å²) >= 11 is 0. The van der Waals surface area contributed by atoms with Crippen molar-refractivity contribution in [2.45, 2.75) is 83.8 Å². The lowest BCUT2D eigenvalue weighted by Crippen LogP contribution is -2.50. The summed E-state index contributed by atoms with van der Waals surface area (Å²) in [5.74, 6) is -1.02. The lowest BCUT2D eigenvalue weighted by molar-refractivity contribution is -0.141. The van der Waals surface area contributed by atoms with Crippen molar-refractivity contribution in [2.24, 2.45) is 0 Å². The molecule has 9 heteroatoms. The Hall–Kier alpha value is -2.94. The lowest BCUT2D eigenvalue weighted by Gasteiger charge is -2.31.